The van der Waals surface area contributed by atoms with Crippen LogP contribution in [0.1, 0.15) is 34.8 Å². The number of pyridine rings is 1. The minimum absolute atomic E-state index is 0.0204. The van der Waals surface area contributed by atoms with Gasteiger partial charge < -0.3 is 15.4 Å². The molecule has 0 saturated carbocycles. The lowest BCUT2D eigenvalue weighted by molar-refractivity contribution is -0.115. The average Bonchev–Trinajstić information content (AvgIpc) is 3.19. The number of halogens is 3. The van der Waals surface area contributed by atoms with Crippen molar-refractivity contribution in [3.05, 3.63) is 83.7 Å². The van der Waals surface area contributed by atoms with Gasteiger partial charge in [0.2, 0.25) is 5.91 Å². The van der Waals surface area contributed by atoms with Gasteiger partial charge in [0.15, 0.2) is 0 Å². The molecule has 6 nitrogen and oxygen atoms in total. The fraction of sp³-hybridized carbons (Fsp3) is 0.160. The van der Waals surface area contributed by atoms with Gasteiger partial charge in [-0.25, -0.2) is 4.79 Å². The molecule has 0 spiro atoms. The van der Waals surface area contributed by atoms with Crippen LogP contribution in [0.4, 0.5) is 18.9 Å². The van der Waals surface area contributed by atoms with Crippen LogP contribution in [0.25, 0.3) is 10.9 Å². The van der Waals surface area contributed by atoms with E-state index in [1.807, 2.05) is 31.2 Å². The van der Waals surface area contributed by atoms with Crippen LogP contribution in [0, 0.1) is 0 Å². The van der Waals surface area contributed by atoms with Crippen LogP contribution in [-0.2, 0) is 11.2 Å². The lowest BCUT2D eigenvalue weighted by Gasteiger charge is -2.08. The van der Waals surface area contributed by atoms with Crippen molar-refractivity contribution in [2.24, 2.45) is 0 Å². The molecule has 0 aliphatic rings. The van der Waals surface area contributed by atoms with Gasteiger partial charge in [-0.3, -0.25) is 9.78 Å². The molecule has 188 valence electrons. The number of aromatic carboxylic acids is 1. The third-order valence-corrected chi connectivity index (χ3v) is 5.88. The molecule has 1 amide bonds. The summed E-state index contributed by atoms with van der Waals surface area (Å²) in [5.41, 5.74) is -1.16. The summed E-state index contributed by atoms with van der Waals surface area (Å²) in [6.07, 6.45) is 3.62. The van der Waals surface area contributed by atoms with E-state index in [9.17, 15) is 22.8 Å². The first-order valence-corrected chi connectivity index (χ1v) is 11.9. The van der Waals surface area contributed by atoms with Crippen LogP contribution in [0.5, 0.6) is 0 Å². The number of anilines is 1. The Balaban J connectivity index is 0.000000212. The van der Waals surface area contributed by atoms with Crippen molar-refractivity contribution < 1.29 is 27.9 Å². The van der Waals surface area contributed by atoms with E-state index >= 15 is 0 Å². The molecule has 36 heavy (non-hydrogen) atoms. The van der Waals surface area contributed by atoms with E-state index in [0.29, 0.717) is 18.4 Å². The predicted octanol–water partition coefficient (Wildman–Crippen LogP) is 6.79. The predicted molar refractivity (Wildman–Crippen MR) is 137 cm³/mol. The number of nitrogens with one attached hydrogen (secondary N) is 2. The molecular formula is C25H22F3N3O3S2. The molecule has 11 heteroatoms. The van der Waals surface area contributed by atoms with Crippen molar-refractivity contribution in [1.29, 1.82) is 0 Å². The van der Waals surface area contributed by atoms with Gasteiger partial charge in [0.1, 0.15) is 0 Å². The maximum Gasteiger partial charge on any atom is 0.446 e. The van der Waals surface area contributed by atoms with E-state index in [1.54, 1.807) is 12.1 Å². The molecule has 0 aliphatic carbocycles. The molecule has 0 atom stereocenters. The van der Waals surface area contributed by atoms with E-state index in [0.717, 1.165) is 27.2 Å². The zero-order chi connectivity index (χ0) is 26.3. The number of carbonyl (C=O) groups is 2. The van der Waals surface area contributed by atoms with Crippen molar-refractivity contribution in [3.63, 3.8) is 0 Å². The number of hydrogen-bond acceptors (Lipinski definition) is 5. The van der Waals surface area contributed by atoms with Gasteiger partial charge in [0.05, 0.1) is 10.6 Å². The molecule has 0 saturated heterocycles. The number of thiol groups is 1. The average molecular weight is 534 g/mol. The normalized spacial score (nSPS) is 11.0. The van der Waals surface area contributed by atoms with Crippen LogP contribution in [0.15, 0.2) is 76.9 Å². The number of alkyl halides is 3. The minimum Gasteiger partial charge on any atom is -0.478 e. The largest absolute Gasteiger partial charge is 0.478 e. The fourth-order valence-corrected chi connectivity index (χ4v) is 4.04. The summed E-state index contributed by atoms with van der Waals surface area (Å²) in [5, 5.41) is 13.8. The third-order valence-electron chi connectivity index (χ3n) is 4.90. The second kappa shape index (κ2) is 12.0. The first-order valence-electron chi connectivity index (χ1n) is 10.7. The Hall–Kier alpha value is -3.44. The summed E-state index contributed by atoms with van der Waals surface area (Å²) in [4.78, 5) is 29.3. The van der Waals surface area contributed by atoms with E-state index in [2.05, 4.69) is 27.9 Å². The lowest BCUT2D eigenvalue weighted by Crippen LogP contribution is -2.08. The number of fused-ring (bicyclic) bond motifs is 1. The maximum atomic E-state index is 12.2. The van der Waals surface area contributed by atoms with Crippen LogP contribution in [-0.4, -0.2) is 32.5 Å². The van der Waals surface area contributed by atoms with Crippen LogP contribution in [0.2, 0.25) is 0 Å². The Kier molecular flexibility index (Phi) is 9.05. The molecule has 4 aromatic rings. The summed E-state index contributed by atoms with van der Waals surface area (Å²) >= 11 is 4.04. The molecule has 0 bridgehead atoms. The summed E-state index contributed by atoms with van der Waals surface area (Å²) in [5.74, 6) is -1.04. The number of carbonyl (C=O) groups excluding carboxylic acids is 1. The summed E-state index contributed by atoms with van der Waals surface area (Å²) < 4.78 is 36.7. The molecule has 4 rings (SSSR count). The SMILES string of the molecule is CCC(=O)Nc1ccc2cc(S)[nH]c2c1.O=C(O)c1ccncc1Cc1ccc(SC(F)(F)F)cc1. The van der Waals surface area contributed by atoms with Crippen LogP contribution in [0.3, 0.4) is 0 Å². The monoisotopic (exact) mass is 533 g/mol. The maximum absolute atomic E-state index is 12.2. The standard InChI is InChI=1S/C14H10F3NO2S.C11H12N2OS/c15-14(16,17)21-11-3-1-9(2-4-11)7-10-8-18-6-5-12(10)13(19)20;1-2-10(14)12-8-4-3-7-5-11(15)13-9(7)6-8/h1-6,8H,7H2,(H,19,20);3-6,13,15H,2H2,1H3,(H,12,14). The van der Waals surface area contributed by atoms with Crippen molar-refractivity contribution in [3.8, 4) is 0 Å². The van der Waals surface area contributed by atoms with E-state index in [1.165, 1.54) is 30.6 Å². The van der Waals surface area contributed by atoms with Gasteiger partial charge in [-0.2, -0.15) is 13.2 Å². The molecule has 0 aliphatic heterocycles. The minimum atomic E-state index is -4.32. The van der Waals surface area contributed by atoms with Crippen molar-refractivity contribution in [2.75, 3.05) is 5.32 Å². The zero-order valence-corrected chi connectivity index (χ0v) is 20.7. The number of benzene rings is 2. The zero-order valence-electron chi connectivity index (χ0n) is 19.0. The highest BCUT2D eigenvalue weighted by atomic mass is 32.2. The van der Waals surface area contributed by atoms with Crippen molar-refractivity contribution in [1.82, 2.24) is 9.97 Å². The Morgan fingerprint density at radius 1 is 1.11 bits per heavy atom. The quantitative estimate of drug-likeness (QED) is 0.162. The Morgan fingerprint density at radius 3 is 2.47 bits per heavy atom. The summed E-state index contributed by atoms with van der Waals surface area (Å²) in [6.45, 7) is 1.83. The van der Waals surface area contributed by atoms with Gasteiger partial charge in [0.25, 0.3) is 0 Å². The van der Waals surface area contributed by atoms with Gasteiger partial charge in [-0.15, -0.1) is 12.6 Å². The van der Waals surface area contributed by atoms with Crippen LogP contribution < -0.4 is 5.32 Å². The Labute approximate surface area is 214 Å². The fourth-order valence-electron chi connectivity index (χ4n) is 3.24. The molecule has 0 radical (unpaired) electrons. The number of nitrogens with zero attached hydrogens (tertiary/aromatic N) is 1. The number of aromatic amines is 1. The highest BCUT2D eigenvalue weighted by molar-refractivity contribution is 8.00. The summed E-state index contributed by atoms with van der Waals surface area (Å²) in [6, 6.07) is 14.9. The second-order valence-electron chi connectivity index (χ2n) is 7.56. The topological polar surface area (TPSA) is 95.1 Å². The molecule has 0 fully saturated rings. The van der Waals surface area contributed by atoms with Crippen molar-refractivity contribution in [2.45, 2.75) is 35.2 Å². The number of amides is 1. The lowest BCUT2D eigenvalue weighted by atomic mass is 10.0. The van der Waals surface area contributed by atoms with E-state index < -0.39 is 11.5 Å². The highest BCUT2D eigenvalue weighted by Crippen LogP contribution is 2.36. The molecule has 2 heterocycles. The number of rotatable bonds is 6. The Morgan fingerprint density at radius 2 is 1.83 bits per heavy atom. The number of carboxylic acid groups (broad SMARTS) is 1. The molecule has 2 aromatic carbocycles. The molecular weight excluding hydrogens is 511 g/mol. The number of H-pyrrole nitrogens is 1. The number of thioether (sulfide) groups is 1. The molecule has 0 unspecified atom stereocenters. The van der Waals surface area contributed by atoms with Crippen molar-refractivity contribution >= 4 is 52.9 Å². The van der Waals surface area contributed by atoms with E-state index in [-0.39, 0.29) is 28.1 Å². The first kappa shape index (κ1) is 27.2. The Bertz CT molecular complexity index is 1360. The second-order valence-corrected chi connectivity index (χ2v) is 9.19. The number of aromatic nitrogens is 2. The van der Waals surface area contributed by atoms with Gasteiger partial charge in [0, 0.05) is 40.3 Å². The molecule has 3 N–H and O–H groups in total. The number of hydrogen-bond donors (Lipinski definition) is 4. The first-order chi connectivity index (χ1) is 17.0. The number of carboxylic acids is 1. The van der Waals surface area contributed by atoms with Gasteiger partial charge >= 0.3 is 11.5 Å². The summed E-state index contributed by atoms with van der Waals surface area (Å²) in [7, 11) is 0. The van der Waals surface area contributed by atoms with E-state index in [4.69, 9.17) is 5.11 Å². The third kappa shape index (κ3) is 8.06. The van der Waals surface area contributed by atoms with Gasteiger partial charge in [-0.1, -0.05) is 25.1 Å². The van der Waals surface area contributed by atoms with Gasteiger partial charge in [-0.05, 0) is 65.7 Å². The van der Waals surface area contributed by atoms with Crippen LogP contribution >= 0.6 is 24.4 Å². The molecule has 2 aromatic heterocycles. The smallest absolute Gasteiger partial charge is 0.446 e. The highest BCUT2D eigenvalue weighted by Gasteiger charge is 2.29.